The molecule has 112 valence electrons. The molecule has 4 N–H and O–H groups in total. The van der Waals surface area contributed by atoms with Crippen molar-refractivity contribution in [2.75, 3.05) is 6.61 Å². The molecule has 0 unspecified atom stereocenters. The van der Waals surface area contributed by atoms with Crippen molar-refractivity contribution in [3.63, 3.8) is 0 Å². The van der Waals surface area contributed by atoms with E-state index in [0.29, 0.717) is 5.75 Å². The molecule has 6 nitrogen and oxygen atoms in total. The topological polar surface area (TPSA) is 99.4 Å². The molecule has 20 heavy (non-hydrogen) atoms. The van der Waals surface area contributed by atoms with Crippen molar-refractivity contribution in [3.05, 3.63) is 29.3 Å². The highest BCUT2D eigenvalue weighted by atomic mass is 16.7. The molecule has 1 aromatic rings. The molecule has 0 aromatic heterocycles. The Hall–Kier alpha value is -1.18. The van der Waals surface area contributed by atoms with Crippen LogP contribution in [0.2, 0.25) is 0 Å². The van der Waals surface area contributed by atoms with Gasteiger partial charge in [-0.2, -0.15) is 0 Å². The first-order valence-corrected chi connectivity index (χ1v) is 6.49. The van der Waals surface area contributed by atoms with Gasteiger partial charge in [0, 0.05) is 0 Å². The Labute approximate surface area is 117 Å². The van der Waals surface area contributed by atoms with Gasteiger partial charge < -0.3 is 29.9 Å². The van der Waals surface area contributed by atoms with Gasteiger partial charge in [-0.3, -0.25) is 0 Å². The van der Waals surface area contributed by atoms with Gasteiger partial charge >= 0.3 is 0 Å². The van der Waals surface area contributed by atoms with Crippen molar-refractivity contribution in [1.82, 2.24) is 0 Å². The quantitative estimate of drug-likeness (QED) is 0.596. The number of hydrogen-bond donors (Lipinski definition) is 4. The molecule has 0 radical (unpaired) electrons. The van der Waals surface area contributed by atoms with Crippen LogP contribution < -0.4 is 4.74 Å². The minimum atomic E-state index is -1.43. The summed E-state index contributed by atoms with van der Waals surface area (Å²) in [5.41, 5.74) is 1.91. The van der Waals surface area contributed by atoms with Crippen molar-refractivity contribution in [2.24, 2.45) is 0 Å². The average molecular weight is 284 g/mol. The van der Waals surface area contributed by atoms with Gasteiger partial charge in [0.1, 0.15) is 30.2 Å². The van der Waals surface area contributed by atoms with Gasteiger partial charge in [0.15, 0.2) is 0 Å². The van der Waals surface area contributed by atoms with Gasteiger partial charge in [-0.1, -0.05) is 12.1 Å². The Morgan fingerprint density at radius 1 is 1.10 bits per heavy atom. The van der Waals surface area contributed by atoms with E-state index in [2.05, 4.69) is 0 Å². The number of hydrogen-bond acceptors (Lipinski definition) is 6. The van der Waals surface area contributed by atoms with Crippen LogP contribution in [-0.4, -0.2) is 57.7 Å². The molecule has 5 atom stereocenters. The lowest BCUT2D eigenvalue weighted by Crippen LogP contribution is -2.60. The zero-order chi connectivity index (χ0) is 14.9. The van der Waals surface area contributed by atoms with Crippen LogP contribution in [0.1, 0.15) is 11.1 Å². The van der Waals surface area contributed by atoms with Gasteiger partial charge in [0.05, 0.1) is 6.61 Å². The van der Waals surface area contributed by atoms with Gasteiger partial charge in [-0.25, -0.2) is 0 Å². The number of aliphatic hydroxyl groups is 4. The van der Waals surface area contributed by atoms with Crippen LogP contribution in [0.15, 0.2) is 18.2 Å². The molecule has 1 heterocycles. The van der Waals surface area contributed by atoms with Crippen molar-refractivity contribution >= 4 is 0 Å². The number of benzene rings is 1. The Balaban J connectivity index is 2.17. The molecule has 1 aromatic carbocycles. The third kappa shape index (κ3) is 2.79. The fourth-order valence-corrected chi connectivity index (χ4v) is 2.14. The van der Waals surface area contributed by atoms with E-state index >= 15 is 0 Å². The van der Waals surface area contributed by atoms with Crippen LogP contribution in [0.5, 0.6) is 5.75 Å². The second-order valence-electron chi connectivity index (χ2n) is 5.01. The summed E-state index contributed by atoms with van der Waals surface area (Å²) in [5, 5.41) is 38.4. The molecule has 1 aliphatic rings. The summed E-state index contributed by atoms with van der Waals surface area (Å²) in [6.45, 7) is 3.32. The fraction of sp³-hybridized carbons (Fsp3) is 0.571. The Bertz CT molecular complexity index is 461. The summed E-state index contributed by atoms with van der Waals surface area (Å²) in [7, 11) is 0. The highest BCUT2D eigenvalue weighted by Crippen LogP contribution is 2.27. The molecule has 0 saturated carbocycles. The minimum Gasteiger partial charge on any atom is -0.462 e. The lowest BCUT2D eigenvalue weighted by molar-refractivity contribution is -0.277. The third-order valence-corrected chi connectivity index (χ3v) is 3.65. The molecule has 0 amide bonds. The van der Waals surface area contributed by atoms with Crippen molar-refractivity contribution in [3.8, 4) is 5.75 Å². The lowest BCUT2D eigenvalue weighted by Gasteiger charge is -2.39. The van der Waals surface area contributed by atoms with Crippen molar-refractivity contribution < 1.29 is 29.9 Å². The first kappa shape index (κ1) is 15.2. The number of aryl methyl sites for hydroxylation is 1. The number of rotatable bonds is 3. The summed E-state index contributed by atoms with van der Waals surface area (Å²) in [4.78, 5) is 0. The van der Waals surface area contributed by atoms with Crippen LogP contribution in [0.4, 0.5) is 0 Å². The summed E-state index contributed by atoms with van der Waals surface area (Å²) in [6, 6.07) is 5.46. The largest absolute Gasteiger partial charge is 0.462 e. The van der Waals surface area contributed by atoms with Crippen LogP contribution in [0.3, 0.4) is 0 Å². The highest BCUT2D eigenvalue weighted by molar-refractivity contribution is 5.38. The monoisotopic (exact) mass is 284 g/mol. The first-order chi connectivity index (χ1) is 9.45. The van der Waals surface area contributed by atoms with E-state index in [0.717, 1.165) is 11.1 Å². The summed E-state index contributed by atoms with van der Waals surface area (Å²) in [6.07, 6.45) is -6.33. The maximum atomic E-state index is 9.90. The van der Waals surface area contributed by atoms with E-state index in [1.165, 1.54) is 0 Å². The smallest absolute Gasteiger partial charge is 0.229 e. The SMILES string of the molecule is Cc1cccc(O[C@@H]2O[C@@H](CO)[C@@H](O)[C@@H](O)[C@H]2O)c1C. The molecule has 2 rings (SSSR count). The minimum absolute atomic E-state index is 0.475. The molecule has 0 bridgehead atoms. The molecule has 0 spiro atoms. The maximum absolute atomic E-state index is 9.90. The summed E-state index contributed by atoms with van der Waals surface area (Å²) < 4.78 is 10.9. The van der Waals surface area contributed by atoms with Gasteiger partial charge in [0.2, 0.25) is 6.29 Å². The van der Waals surface area contributed by atoms with Gasteiger partial charge in [-0.15, -0.1) is 0 Å². The average Bonchev–Trinajstić information content (AvgIpc) is 2.44. The Morgan fingerprint density at radius 2 is 1.80 bits per heavy atom. The second kappa shape index (κ2) is 6.07. The van der Waals surface area contributed by atoms with Gasteiger partial charge in [-0.05, 0) is 31.0 Å². The molecular weight excluding hydrogens is 264 g/mol. The third-order valence-electron chi connectivity index (χ3n) is 3.65. The van der Waals surface area contributed by atoms with E-state index in [-0.39, 0.29) is 0 Å². The Morgan fingerprint density at radius 3 is 2.45 bits per heavy atom. The van der Waals surface area contributed by atoms with E-state index in [1.807, 2.05) is 26.0 Å². The van der Waals surface area contributed by atoms with E-state index in [4.69, 9.17) is 14.6 Å². The summed E-state index contributed by atoms with van der Waals surface area (Å²) >= 11 is 0. The second-order valence-corrected chi connectivity index (χ2v) is 5.01. The first-order valence-electron chi connectivity index (χ1n) is 6.49. The molecule has 6 heteroatoms. The van der Waals surface area contributed by atoms with Crippen LogP contribution >= 0.6 is 0 Å². The normalized spacial score (nSPS) is 34.0. The predicted octanol–water partition coefficient (Wildman–Crippen LogP) is -0.518. The zero-order valence-electron chi connectivity index (χ0n) is 11.4. The number of aliphatic hydroxyl groups excluding tert-OH is 4. The fourth-order valence-electron chi connectivity index (χ4n) is 2.14. The van der Waals surface area contributed by atoms with Gasteiger partial charge in [0.25, 0.3) is 0 Å². The lowest BCUT2D eigenvalue weighted by atomic mass is 9.99. The van der Waals surface area contributed by atoms with Crippen molar-refractivity contribution in [1.29, 1.82) is 0 Å². The van der Waals surface area contributed by atoms with Crippen LogP contribution in [0.25, 0.3) is 0 Å². The standard InChI is InChI=1S/C14H20O6/c1-7-4-3-5-9(8(7)2)19-14-13(18)12(17)11(16)10(6-15)20-14/h3-5,10-18H,6H2,1-2H3/t10-,11+,12+,13+,14+/m0/s1. The number of ether oxygens (including phenoxy) is 2. The summed E-state index contributed by atoms with van der Waals surface area (Å²) in [5.74, 6) is 0.523. The molecule has 0 aliphatic carbocycles. The maximum Gasteiger partial charge on any atom is 0.229 e. The van der Waals surface area contributed by atoms with E-state index in [1.54, 1.807) is 6.07 Å². The molecule has 1 saturated heterocycles. The van der Waals surface area contributed by atoms with E-state index < -0.39 is 37.3 Å². The molecule has 1 fully saturated rings. The predicted molar refractivity (Wildman–Crippen MR) is 70.3 cm³/mol. The van der Waals surface area contributed by atoms with Crippen molar-refractivity contribution in [2.45, 2.75) is 44.6 Å². The van der Waals surface area contributed by atoms with E-state index in [9.17, 15) is 15.3 Å². The van der Waals surface area contributed by atoms with Crippen LogP contribution in [0, 0.1) is 13.8 Å². The van der Waals surface area contributed by atoms with Crippen LogP contribution in [-0.2, 0) is 4.74 Å². The molecular formula is C14H20O6. The zero-order valence-corrected chi connectivity index (χ0v) is 11.4. The molecule has 1 aliphatic heterocycles. The highest BCUT2D eigenvalue weighted by Gasteiger charge is 2.44. The Kier molecular flexibility index (Phi) is 4.62.